The van der Waals surface area contributed by atoms with Crippen LogP contribution in [-0.4, -0.2) is 27.6 Å². The molecule has 2 amide bonds. The number of anilines is 2. The fourth-order valence-electron chi connectivity index (χ4n) is 6.11. The predicted molar refractivity (Wildman–Crippen MR) is 193 cm³/mol. The highest BCUT2D eigenvalue weighted by molar-refractivity contribution is 7.07. The van der Waals surface area contributed by atoms with Gasteiger partial charge < -0.3 is 19.9 Å². The zero-order chi connectivity index (χ0) is 34.8. The Morgan fingerprint density at radius 2 is 1.62 bits per heavy atom. The maximum Gasteiger partial charge on any atom is 0.271 e. The van der Waals surface area contributed by atoms with E-state index in [4.69, 9.17) is 9.73 Å². The van der Waals surface area contributed by atoms with Crippen LogP contribution in [0.2, 0.25) is 0 Å². The molecule has 11 heteroatoms. The first-order chi connectivity index (χ1) is 24.3. The van der Waals surface area contributed by atoms with Crippen molar-refractivity contribution in [2.75, 3.05) is 17.2 Å². The van der Waals surface area contributed by atoms with Gasteiger partial charge in [0.05, 0.1) is 28.5 Å². The zero-order valence-electron chi connectivity index (χ0n) is 27.2. The Balaban J connectivity index is 1.29. The third kappa shape index (κ3) is 6.50. The lowest BCUT2D eigenvalue weighted by atomic mass is 9.95. The number of benzene rings is 4. The number of halogens is 1. The van der Waals surface area contributed by atoms with Crippen LogP contribution in [0.3, 0.4) is 0 Å². The van der Waals surface area contributed by atoms with E-state index < -0.39 is 6.04 Å². The largest absolute Gasteiger partial charge is 0.494 e. The molecule has 1 aliphatic rings. The van der Waals surface area contributed by atoms with Crippen molar-refractivity contribution >= 4 is 51.5 Å². The van der Waals surface area contributed by atoms with E-state index in [1.165, 1.54) is 35.6 Å². The minimum Gasteiger partial charge on any atom is -0.494 e. The number of carbonyl (C=O) groups excluding carboxylic acids is 2. The molecule has 2 aromatic heterocycles. The quantitative estimate of drug-likeness (QED) is 0.195. The Morgan fingerprint density at radius 1 is 0.920 bits per heavy atom. The Labute approximate surface area is 290 Å². The molecule has 0 aliphatic carbocycles. The number of ether oxygens (including phenoxy) is 1. The number of amides is 2. The summed E-state index contributed by atoms with van der Waals surface area (Å²) >= 11 is 1.24. The summed E-state index contributed by atoms with van der Waals surface area (Å²) in [6.45, 7) is 4.20. The lowest BCUT2D eigenvalue weighted by Crippen LogP contribution is -2.40. The topological polar surface area (TPSA) is 107 Å². The van der Waals surface area contributed by atoms with Crippen LogP contribution in [0.15, 0.2) is 130 Å². The van der Waals surface area contributed by atoms with Gasteiger partial charge in [0.2, 0.25) is 5.91 Å². The van der Waals surface area contributed by atoms with Gasteiger partial charge in [-0.05, 0) is 80.1 Å². The monoisotopic (exact) mass is 685 g/mol. The van der Waals surface area contributed by atoms with Crippen LogP contribution in [0.1, 0.15) is 31.0 Å². The molecule has 1 aliphatic heterocycles. The van der Waals surface area contributed by atoms with Gasteiger partial charge in [-0.3, -0.25) is 19.0 Å². The molecule has 0 radical (unpaired) electrons. The maximum absolute atomic E-state index is 14.4. The number of fused-ring (bicyclic) bond motifs is 2. The molecule has 0 bridgehead atoms. The van der Waals surface area contributed by atoms with Crippen molar-refractivity contribution in [3.63, 3.8) is 0 Å². The molecular weight excluding hydrogens is 654 g/mol. The van der Waals surface area contributed by atoms with Crippen LogP contribution in [0, 0.1) is 5.82 Å². The molecule has 0 saturated heterocycles. The molecule has 6 aromatic rings. The second-order valence-electron chi connectivity index (χ2n) is 11.7. The minimum absolute atomic E-state index is 0.00377. The number of carbonyl (C=O) groups is 2. The number of thiazole rings is 1. The number of allylic oxidation sites excluding steroid dienone is 1. The SMILES string of the molecule is CCOc1ccc([C@@H]2C(C(=O)Nc3ccccc3)=C(C)N=c3s/c(=C\c4cn(CC(=O)Nc5ccc(F)cc5)c5ccccc45)c(=O)n32)cc1. The molecule has 2 N–H and O–H groups in total. The van der Waals surface area contributed by atoms with Crippen LogP contribution in [0.4, 0.5) is 15.8 Å². The van der Waals surface area contributed by atoms with Gasteiger partial charge >= 0.3 is 0 Å². The van der Waals surface area contributed by atoms with Crippen molar-refractivity contribution in [3.8, 4) is 5.75 Å². The summed E-state index contributed by atoms with van der Waals surface area (Å²) in [5.74, 6) is -0.340. The number of nitrogens with zero attached hydrogens (tertiary/aromatic N) is 3. The molecule has 0 unspecified atom stereocenters. The highest BCUT2D eigenvalue weighted by Gasteiger charge is 2.32. The lowest BCUT2D eigenvalue weighted by Gasteiger charge is -2.25. The minimum atomic E-state index is -0.746. The third-order valence-corrected chi connectivity index (χ3v) is 9.34. The van der Waals surface area contributed by atoms with Crippen molar-refractivity contribution in [1.82, 2.24) is 9.13 Å². The fraction of sp³-hybridized carbons (Fsp3) is 0.128. The van der Waals surface area contributed by atoms with E-state index in [9.17, 15) is 18.8 Å². The molecular formula is C39H32FN5O4S. The van der Waals surface area contributed by atoms with Gasteiger partial charge in [-0.25, -0.2) is 9.38 Å². The summed E-state index contributed by atoms with van der Waals surface area (Å²) in [4.78, 5) is 46.5. The number of para-hydroxylation sites is 2. The van der Waals surface area contributed by atoms with E-state index in [-0.39, 0.29) is 29.7 Å². The smallest absolute Gasteiger partial charge is 0.271 e. The first-order valence-electron chi connectivity index (χ1n) is 16.0. The molecule has 250 valence electrons. The van der Waals surface area contributed by atoms with Crippen LogP contribution >= 0.6 is 11.3 Å². The van der Waals surface area contributed by atoms with Crippen LogP contribution in [0.5, 0.6) is 5.75 Å². The van der Waals surface area contributed by atoms with Crippen molar-refractivity contribution in [2.45, 2.75) is 26.4 Å². The molecule has 0 fully saturated rings. The van der Waals surface area contributed by atoms with Gasteiger partial charge in [0.25, 0.3) is 11.5 Å². The average Bonchev–Trinajstić information content (AvgIpc) is 3.61. The average molecular weight is 686 g/mol. The van der Waals surface area contributed by atoms with E-state index in [0.29, 0.717) is 44.3 Å². The molecule has 0 saturated carbocycles. The Morgan fingerprint density at radius 3 is 2.36 bits per heavy atom. The standard InChI is InChI=1S/C39H32FN5O4S/c1-3-49-30-19-13-25(14-20-30)36-35(37(47)43-28-9-5-4-6-10-28)24(2)41-39-45(36)38(48)33(50-39)21-26-22-44(32-12-8-7-11-31(26)32)23-34(46)42-29-17-15-27(40)16-18-29/h4-22,36H,3,23H2,1-2H3,(H,42,46)(H,43,47)/b33-21-/t36-/m1/s1. The van der Waals surface area contributed by atoms with Crippen molar-refractivity contribution in [1.29, 1.82) is 0 Å². The van der Waals surface area contributed by atoms with Crippen LogP contribution < -0.4 is 30.3 Å². The predicted octanol–water partition coefficient (Wildman–Crippen LogP) is 6.01. The number of hydrogen-bond donors (Lipinski definition) is 2. The molecule has 50 heavy (non-hydrogen) atoms. The maximum atomic E-state index is 14.4. The summed E-state index contributed by atoms with van der Waals surface area (Å²) < 4.78 is 22.8. The summed E-state index contributed by atoms with van der Waals surface area (Å²) in [5.41, 5.74) is 3.98. The second-order valence-corrected chi connectivity index (χ2v) is 12.7. The number of hydrogen-bond acceptors (Lipinski definition) is 6. The zero-order valence-corrected chi connectivity index (χ0v) is 28.0. The normalized spacial score (nSPS) is 14.3. The van der Waals surface area contributed by atoms with Crippen LogP contribution in [-0.2, 0) is 16.1 Å². The first-order valence-corrected chi connectivity index (χ1v) is 16.9. The van der Waals surface area contributed by atoms with Gasteiger partial charge in [0.15, 0.2) is 4.80 Å². The highest BCUT2D eigenvalue weighted by Crippen LogP contribution is 2.32. The number of aromatic nitrogens is 2. The number of rotatable bonds is 9. The van der Waals surface area contributed by atoms with E-state index in [1.54, 1.807) is 29.7 Å². The Kier molecular flexibility index (Phi) is 8.97. The van der Waals surface area contributed by atoms with Gasteiger partial charge in [-0.15, -0.1) is 0 Å². The van der Waals surface area contributed by atoms with Gasteiger partial charge in [0, 0.05) is 34.0 Å². The summed E-state index contributed by atoms with van der Waals surface area (Å²) in [5, 5.41) is 6.63. The van der Waals surface area contributed by atoms with Gasteiger partial charge in [-0.1, -0.05) is 59.9 Å². The fourth-order valence-corrected chi connectivity index (χ4v) is 7.15. The van der Waals surface area contributed by atoms with Crippen molar-refractivity contribution in [2.24, 2.45) is 4.99 Å². The summed E-state index contributed by atoms with van der Waals surface area (Å²) in [6, 6.07) is 29.0. The Hall–Kier alpha value is -6.07. The van der Waals surface area contributed by atoms with Crippen molar-refractivity contribution < 1.29 is 18.7 Å². The van der Waals surface area contributed by atoms with Crippen LogP contribution in [0.25, 0.3) is 17.0 Å². The third-order valence-electron chi connectivity index (χ3n) is 8.35. The van der Waals surface area contributed by atoms with E-state index in [1.807, 2.05) is 84.4 Å². The van der Waals surface area contributed by atoms with Gasteiger partial charge in [-0.2, -0.15) is 0 Å². The summed E-state index contributed by atoms with van der Waals surface area (Å²) in [6.07, 6.45) is 3.64. The molecule has 1 atom stereocenters. The highest BCUT2D eigenvalue weighted by atomic mass is 32.1. The lowest BCUT2D eigenvalue weighted by molar-refractivity contribution is -0.116. The molecule has 3 heterocycles. The Bertz CT molecular complexity index is 2450. The second kappa shape index (κ2) is 13.8. The number of nitrogens with one attached hydrogen (secondary N) is 2. The van der Waals surface area contributed by atoms with E-state index in [2.05, 4.69) is 10.6 Å². The van der Waals surface area contributed by atoms with E-state index in [0.717, 1.165) is 22.0 Å². The summed E-state index contributed by atoms with van der Waals surface area (Å²) in [7, 11) is 0. The molecule has 7 rings (SSSR count). The first kappa shape index (κ1) is 32.5. The molecule has 0 spiro atoms. The van der Waals surface area contributed by atoms with Gasteiger partial charge in [0.1, 0.15) is 18.1 Å². The van der Waals surface area contributed by atoms with Crippen molar-refractivity contribution in [3.05, 3.63) is 157 Å². The molecule has 9 nitrogen and oxygen atoms in total. The molecule has 4 aromatic carbocycles. The van der Waals surface area contributed by atoms with E-state index >= 15 is 0 Å².